The molecule has 0 aliphatic carbocycles. The summed E-state index contributed by atoms with van der Waals surface area (Å²) in [7, 11) is -3.92. The van der Waals surface area contributed by atoms with Crippen LogP contribution in [-0.4, -0.2) is 24.4 Å². The zero-order valence-corrected chi connectivity index (χ0v) is 14.4. The molecule has 0 bridgehead atoms. The predicted octanol–water partition coefficient (Wildman–Crippen LogP) is 3.42. The lowest BCUT2D eigenvalue weighted by Crippen LogP contribution is -2.16. The lowest BCUT2D eigenvalue weighted by Gasteiger charge is -2.12. The summed E-state index contributed by atoms with van der Waals surface area (Å²) in [5.41, 5.74) is 1.64. The monoisotopic (exact) mass is 401 g/mol. The van der Waals surface area contributed by atoms with Gasteiger partial charge in [-0.3, -0.25) is 0 Å². The van der Waals surface area contributed by atoms with Crippen molar-refractivity contribution in [3.8, 4) is 27.3 Å². The van der Waals surface area contributed by atoms with E-state index >= 15 is 0 Å². The fourth-order valence-electron chi connectivity index (χ4n) is 2.28. The van der Waals surface area contributed by atoms with E-state index in [0.29, 0.717) is 21.6 Å². The standard InChI is InChI=1S/C15H10F3N3O3S2/c16-15(17,18)24-10-3-1-9(2-4-10)12-6-5-11(26(19,22)23)7-13(12)14-8-20-21-25-14/h1-8H,(H2,19,22,23). The van der Waals surface area contributed by atoms with Crippen molar-refractivity contribution < 1.29 is 26.3 Å². The van der Waals surface area contributed by atoms with Crippen LogP contribution < -0.4 is 9.88 Å². The van der Waals surface area contributed by atoms with Gasteiger partial charge in [-0.05, 0) is 46.9 Å². The van der Waals surface area contributed by atoms with Crippen LogP contribution in [0.1, 0.15) is 0 Å². The molecule has 26 heavy (non-hydrogen) atoms. The van der Waals surface area contributed by atoms with Crippen LogP contribution >= 0.6 is 11.5 Å². The van der Waals surface area contributed by atoms with Crippen LogP contribution in [0.25, 0.3) is 21.6 Å². The number of alkyl halides is 3. The summed E-state index contributed by atoms with van der Waals surface area (Å²) in [6.07, 6.45) is -3.32. The molecule has 6 nitrogen and oxygen atoms in total. The third-order valence-corrected chi connectivity index (χ3v) is 4.95. The molecule has 0 fully saturated rings. The Balaban J connectivity index is 2.07. The van der Waals surface area contributed by atoms with E-state index in [1.54, 1.807) is 0 Å². The maximum atomic E-state index is 12.3. The molecular weight excluding hydrogens is 391 g/mol. The summed E-state index contributed by atoms with van der Waals surface area (Å²) in [4.78, 5) is 0.489. The minimum Gasteiger partial charge on any atom is -0.406 e. The number of rotatable bonds is 4. The van der Waals surface area contributed by atoms with Crippen molar-refractivity contribution in [2.45, 2.75) is 11.3 Å². The van der Waals surface area contributed by atoms with Gasteiger partial charge in [0, 0.05) is 5.56 Å². The number of aromatic nitrogens is 2. The first-order valence-corrected chi connectivity index (χ1v) is 9.26. The normalized spacial score (nSPS) is 12.2. The van der Waals surface area contributed by atoms with E-state index in [2.05, 4.69) is 14.3 Å². The fourth-order valence-corrected chi connectivity index (χ4v) is 3.36. The van der Waals surface area contributed by atoms with Gasteiger partial charge in [-0.25, -0.2) is 13.6 Å². The minimum atomic E-state index is -4.78. The van der Waals surface area contributed by atoms with E-state index in [9.17, 15) is 21.6 Å². The van der Waals surface area contributed by atoms with Crippen LogP contribution in [0.4, 0.5) is 13.2 Å². The topological polar surface area (TPSA) is 95.2 Å². The summed E-state index contributed by atoms with van der Waals surface area (Å²) in [5.74, 6) is -0.358. The Hall–Kier alpha value is -2.50. The number of halogens is 3. The van der Waals surface area contributed by atoms with E-state index < -0.39 is 16.4 Å². The van der Waals surface area contributed by atoms with Crippen molar-refractivity contribution >= 4 is 21.6 Å². The van der Waals surface area contributed by atoms with Crippen LogP contribution in [0.5, 0.6) is 5.75 Å². The third kappa shape index (κ3) is 4.18. The highest BCUT2D eigenvalue weighted by Crippen LogP contribution is 2.36. The highest BCUT2D eigenvalue weighted by molar-refractivity contribution is 7.89. The first-order valence-electron chi connectivity index (χ1n) is 6.94. The van der Waals surface area contributed by atoms with Gasteiger partial charge in [-0.1, -0.05) is 22.7 Å². The maximum absolute atomic E-state index is 12.3. The molecule has 136 valence electrons. The zero-order valence-electron chi connectivity index (χ0n) is 12.8. The molecule has 0 saturated heterocycles. The second-order valence-electron chi connectivity index (χ2n) is 5.11. The van der Waals surface area contributed by atoms with Crippen molar-refractivity contribution in [3.63, 3.8) is 0 Å². The number of sulfonamides is 1. The van der Waals surface area contributed by atoms with Gasteiger partial charge in [0.25, 0.3) is 0 Å². The van der Waals surface area contributed by atoms with Gasteiger partial charge in [0.2, 0.25) is 10.0 Å². The second kappa shape index (κ2) is 6.67. The minimum absolute atomic E-state index is 0.0957. The number of hydrogen-bond donors (Lipinski definition) is 1. The lowest BCUT2D eigenvalue weighted by molar-refractivity contribution is -0.274. The molecule has 1 heterocycles. The molecule has 11 heteroatoms. The molecule has 0 spiro atoms. The van der Waals surface area contributed by atoms with Gasteiger partial charge in [-0.2, -0.15) is 0 Å². The first-order chi connectivity index (χ1) is 12.1. The van der Waals surface area contributed by atoms with Crippen molar-refractivity contribution in [3.05, 3.63) is 48.7 Å². The Bertz CT molecular complexity index is 1020. The molecular formula is C15H10F3N3O3S2. The molecule has 0 atom stereocenters. The Morgan fingerprint density at radius 2 is 1.73 bits per heavy atom. The van der Waals surface area contributed by atoms with E-state index in [-0.39, 0.29) is 10.6 Å². The molecule has 0 unspecified atom stereocenters. The highest BCUT2D eigenvalue weighted by atomic mass is 32.2. The molecule has 0 aliphatic rings. The summed E-state index contributed by atoms with van der Waals surface area (Å²) in [6.45, 7) is 0. The smallest absolute Gasteiger partial charge is 0.406 e. The van der Waals surface area contributed by atoms with Crippen molar-refractivity contribution in [2.24, 2.45) is 5.14 Å². The van der Waals surface area contributed by atoms with Gasteiger partial charge >= 0.3 is 6.36 Å². The second-order valence-corrected chi connectivity index (χ2v) is 7.45. The maximum Gasteiger partial charge on any atom is 0.573 e. The molecule has 0 amide bonds. The summed E-state index contributed by atoms with van der Waals surface area (Å²) < 4.78 is 67.6. The number of hydrogen-bond acceptors (Lipinski definition) is 6. The Morgan fingerprint density at radius 3 is 2.27 bits per heavy atom. The molecule has 0 radical (unpaired) electrons. The first kappa shape index (κ1) is 18.3. The zero-order chi connectivity index (χ0) is 18.9. The molecule has 3 rings (SSSR count). The van der Waals surface area contributed by atoms with E-state index in [1.165, 1.54) is 48.7 Å². The van der Waals surface area contributed by atoms with E-state index in [4.69, 9.17) is 5.14 Å². The van der Waals surface area contributed by atoms with Crippen LogP contribution in [-0.2, 0) is 10.0 Å². The van der Waals surface area contributed by atoms with Crippen molar-refractivity contribution in [2.75, 3.05) is 0 Å². The Labute approximate surface area is 150 Å². The van der Waals surface area contributed by atoms with Crippen LogP contribution in [0, 0.1) is 0 Å². The average molecular weight is 401 g/mol. The number of benzene rings is 2. The van der Waals surface area contributed by atoms with E-state index in [1.807, 2.05) is 0 Å². The largest absolute Gasteiger partial charge is 0.573 e. The third-order valence-electron chi connectivity index (χ3n) is 3.35. The number of ether oxygens (including phenoxy) is 1. The quantitative estimate of drug-likeness (QED) is 0.723. The van der Waals surface area contributed by atoms with Gasteiger partial charge in [-0.15, -0.1) is 18.3 Å². The summed E-state index contributed by atoms with van der Waals surface area (Å²) in [6, 6.07) is 9.43. The van der Waals surface area contributed by atoms with Gasteiger partial charge in [0.15, 0.2) is 0 Å². The summed E-state index contributed by atoms with van der Waals surface area (Å²) >= 11 is 1.05. The Morgan fingerprint density at radius 1 is 1.04 bits per heavy atom. The van der Waals surface area contributed by atoms with Crippen molar-refractivity contribution in [1.82, 2.24) is 9.59 Å². The van der Waals surface area contributed by atoms with Gasteiger partial charge in [0.05, 0.1) is 16.0 Å². The van der Waals surface area contributed by atoms with E-state index in [0.717, 1.165) is 11.5 Å². The van der Waals surface area contributed by atoms with Crippen LogP contribution in [0.2, 0.25) is 0 Å². The van der Waals surface area contributed by atoms with Crippen molar-refractivity contribution in [1.29, 1.82) is 0 Å². The number of primary sulfonamides is 1. The van der Waals surface area contributed by atoms with Crippen LogP contribution in [0.3, 0.4) is 0 Å². The molecule has 0 aliphatic heterocycles. The molecule has 2 N–H and O–H groups in total. The predicted molar refractivity (Wildman–Crippen MR) is 88.8 cm³/mol. The number of nitrogens with two attached hydrogens (primary N) is 1. The lowest BCUT2D eigenvalue weighted by atomic mass is 9.99. The summed E-state index contributed by atoms with van der Waals surface area (Å²) in [5, 5.41) is 8.89. The van der Waals surface area contributed by atoms with Crippen LogP contribution in [0.15, 0.2) is 53.6 Å². The number of nitrogens with zero attached hydrogens (tertiary/aromatic N) is 2. The molecule has 0 saturated carbocycles. The average Bonchev–Trinajstić information content (AvgIpc) is 3.07. The van der Waals surface area contributed by atoms with Gasteiger partial charge in [0.1, 0.15) is 5.75 Å². The van der Waals surface area contributed by atoms with Gasteiger partial charge < -0.3 is 4.74 Å². The Kier molecular flexibility index (Phi) is 4.69. The SMILES string of the molecule is NS(=O)(=O)c1ccc(-c2ccc(OC(F)(F)F)cc2)c(-c2cnns2)c1. The fraction of sp³-hybridized carbons (Fsp3) is 0.0667. The molecule has 1 aromatic heterocycles. The highest BCUT2D eigenvalue weighted by Gasteiger charge is 2.31. The molecule has 3 aromatic rings. The molecule has 2 aromatic carbocycles.